The lowest BCUT2D eigenvalue weighted by molar-refractivity contribution is -0.140. The van der Waals surface area contributed by atoms with Gasteiger partial charge in [-0.2, -0.15) is 0 Å². The van der Waals surface area contributed by atoms with Crippen molar-refractivity contribution in [1.29, 1.82) is 0 Å². The SMILES string of the molecule is COc1ccc(Cl)c(/C(O)=C2\C(=O)C(=O)N(Cc3ccco3)C2c2ccc(O)c(Cl)c2)c1. The number of amides is 1. The lowest BCUT2D eigenvalue weighted by atomic mass is 9.95. The van der Waals surface area contributed by atoms with Crippen LogP contribution < -0.4 is 4.74 Å². The Morgan fingerprint density at radius 3 is 2.56 bits per heavy atom. The lowest BCUT2D eigenvalue weighted by Gasteiger charge is -2.25. The van der Waals surface area contributed by atoms with Crippen molar-refractivity contribution >= 4 is 40.7 Å². The van der Waals surface area contributed by atoms with Crippen LogP contribution in [0.5, 0.6) is 11.5 Å². The number of furan rings is 1. The molecular formula is C23H17Cl2NO6. The highest BCUT2D eigenvalue weighted by atomic mass is 35.5. The smallest absolute Gasteiger partial charge is 0.296 e. The molecule has 2 heterocycles. The Bertz CT molecular complexity index is 1240. The Hall–Kier alpha value is -3.42. The molecule has 1 fully saturated rings. The minimum atomic E-state index is -1.000. The molecule has 7 nitrogen and oxygen atoms in total. The van der Waals surface area contributed by atoms with Gasteiger partial charge in [0, 0.05) is 5.56 Å². The molecular weight excluding hydrogens is 457 g/mol. The molecule has 2 N–H and O–H groups in total. The van der Waals surface area contributed by atoms with Crippen molar-refractivity contribution in [3.63, 3.8) is 0 Å². The summed E-state index contributed by atoms with van der Waals surface area (Å²) in [6.07, 6.45) is 1.45. The van der Waals surface area contributed by atoms with E-state index in [1.807, 2.05) is 0 Å². The predicted molar refractivity (Wildman–Crippen MR) is 118 cm³/mol. The number of phenols is 1. The van der Waals surface area contributed by atoms with Gasteiger partial charge in [-0.05, 0) is 48.0 Å². The topological polar surface area (TPSA) is 100 Å². The minimum Gasteiger partial charge on any atom is -0.507 e. The molecule has 32 heavy (non-hydrogen) atoms. The number of ketones is 1. The highest BCUT2D eigenvalue weighted by Crippen LogP contribution is 2.43. The fourth-order valence-corrected chi connectivity index (χ4v) is 4.01. The van der Waals surface area contributed by atoms with E-state index in [2.05, 4.69) is 0 Å². The van der Waals surface area contributed by atoms with Crippen LogP contribution in [0.2, 0.25) is 10.0 Å². The van der Waals surface area contributed by atoms with Crippen LogP contribution in [0, 0.1) is 0 Å². The normalized spacial score (nSPS) is 17.7. The molecule has 1 unspecified atom stereocenters. The first kappa shape index (κ1) is 21.8. The average Bonchev–Trinajstić information content (AvgIpc) is 3.38. The summed E-state index contributed by atoms with van der Waals surface area (Å²) in [4.78, 5) is 27.3. The number of hydrogen-bond acceptors (Lipinski definition) is 6. The number of aliphatic hydroxyl groups is 1. The number of ether oxygens (including phenoxy) is 1. The van der Waals surface area contributed by atoms with E-state index in [0.29, 0.717) is 17.1 Å². The summed E-state index contributed by atoms with van der Waals surface area (Å²) in [6, 6.07) is 11.2. The Morgan fingerprint density at radius 1 is 1.12 bits per heavy atom. The highest BCUT2D eigenvalue weighted by Gasteiger charge is 2.46. The van der Waals surface area contributed by atoms with Gasteiger partial charge in [-0.1, -0.05) is 29.3 Å². The third-order valence-electron chi connectivity index (χ3n) is 5.16. The zero-order chi connectivity index (χ0) is 23.0. The number of methoxy groups -OCH3 is 1. The molecule has 1 aliphatic heterocycles. The van der Waals surface area contributed by atoms with E-state index in [9.17, 15) is 19.8 Å². The van der Waals surface area contributed by atoms with Crippen LogP contribution in [0.1, 0.15) is 22.9 Å². The maximum absolute atomic E-state index is 13.1. The summed E-state index contributed by atoms with van der Waals surface area (Å²) < 4.78 is 10.5. The van der Waals surface area contributed by atoms with Crippen LogP contribution in [0.4, 0.5) is 0 Å². The van der Waals surface area contributed by atoms with Crippen LogP contribution in [-0.2, 0) is 16.1 Å². The summed E-state index contributed by atoms with van der Waals surface area (Å²) in [5.41, 5.74) is 0.384. The predicted octanol–water partition coefficient (Wildman–Crippen LogP) is 4.92. The molecule has 2 aromatic carbocycles. The zero-order valence-electron chi connectivity index (χ0n) is 16.7. The van der Waals surface area contributed by atoms with Crippen LogP contribution in [0.15, 0.2) is 64.8 Å². The van der Waals surface area contributed by atoms with Crippen molar-refractivity contribution in [2.75, 3.05) is 7.11 Å². The van der Waals surface area contributed by atoms with E-state index in [1.54, 1.807) is 18.2 Å². The second-order valence-electron chi connectivity index (χ2n) is 7.06. The van der Waals surface area contributed by atoms with Crippen molar-refractivity contribution in [2.45, 2.75) is 12.6 Å². The third kappa shape index (κ3) is 3.81. The molecule has 1 atom stereocenters. The van der Waals surface area contributed by atoms with E-state index in [0.717, 1.165) is 0 Å². The number of likely N-dealkylation sites (tertiary alicyclic amines) is 1. The summed E-state index contributed by atoms with van der Waals surface area (Å²) in [5.74, 6) is -1.47. The van der Waals surface area contributed by atoms with Gasteiger partial charge < -0.3 is 24.3 Å². The third-order valence-corrected chi connectivity index (χ3v) is 5.79. The van der Waals surface area contributed by atoms with Gasteiger partial charge in [-0.25, -0.2) is 0 Å². The van der Waals surface area contributed by atoms with Crippen molar-refractivity contribution in [3.05, 3.63) is 87.3 Å². The molecule has 0 radical (unpaired) electrons. The van der Waals surface area contributed by atoms with E-state index < -0.39 is 23.5 Å². The van der Waals surface area contributed by atoms with Gasteiger partial charge in [0.1, 0.15) is 23.0 Å². The van der Waals surface area contributed by atoms with Gasteiger partial charge in [0.2, 0.25) is 0 Å². The molecule has 3 aromatic rings. The largest absolute Gasteiger partial charge is 0.507 e. The van der Waals surface area contributed by atoms with E-state index in [-0.39, 0.29) is 33.5 Å². The van der Waals surface area contributed by atoms with Crippen LogP contribution in [-0.4, -0.2) is 33.9 Å². The minimum absolute atomic E-state index is 0.0244. The lowest BCUT2D eigenvalue weighted by Crippen LogP contribution is -2.29. The molecule has 1 aromatic heterocycles. The van der Waals surface area contributed by atoms with Crippen molar-refractivity contribution in [3.8, 4) is 11.5 Å². The summed E-state index contributed by atoms with van der Waals surface area (Å²) in [5, 5.41) is 21.2. The molecule has 0 saturated carbocycles. The second kappa shape index (κ2) is 8.61. The number of carbonyl (C=O) groups excluding carboxylic acids is 2. The summed E-state index contributed by atoms with van der Waals surface area (Å²) >= 11 is 12.4. The molecule has 1 saturated heterocycles. The maximum atomic E-state index is 13.1. The zero-order valence-corrected chi connectivity index (χ0v) is 18.2. The van der Waals surface area contributed by atoms with E-state index in [4.69, 9.17) is 32.4 Å². The number of aliphatic hydroxyl groups excluding tert-OH is 1. The first-order valence-electron chi connectivity index (χ1n) is 9.45. The fraction of sp³-hybridized carbons (Fsp3) is 0.130. The molecule has 1 amide bonds. The fourth-order valence-electron chi connectivity index (χ4n) is 3.61. The van der Waals surface area contributed by atoms with E-state index in [1.165, 1.54) is 48.6 Å². The maximum Gasteiger partial charge on any atom is 0.296 e. The van der Waals surface area contributed by atoms with E-state index >= 15 is 0 Å². The molecule has 0 bridgehead atoms. The van der Waals surface area contributed by atoms with Crippen LogP contribution >= 0.6 is 23.2 Å². The summed E-state index contributed by atoms with van der Waals surface area (Å²) in [7, 11) is 1.45. The van der Waals surface area contributed by atoms with Crippen LogP contribution in [0.25, 0.3) is 5.76 Å². The Morgan fingerprint density at radius 2 is 1.91 bits per heavy atom. The highest BCUT2D eigenvalue weighted by molar-refractivity contribution is 6.47. The number of aromatic hydroxyl groups is 1. The van der Waals surface area contributed by atoms with Gasteiger partial charge in [-0.15, -0.1) is 0 Å². The average molecular weight is 474 g/mol. The number of nitrogens with zero attached hydrogens (tertiary/aromatic N) is 1. The molecule has 0 spiro atoms. The number of phenolic OH excluding ortho intramolecular Hbond substituents is 1. The second-order valence-corrected chi connectivity index (χ2v) is 7.88. The number of rotatable bonds is 5. The molecule has 9 heteroatoms. The molecule has 4 rings (SSSR count). The Labute approximate surface area is 193 Å². The van der Waals surface area contributed by atoms with Crippen molar-refractivity contribution < 1.29 is 29.0 Å². The van der Waals surface area contributed by atoms with Gasteiger partial charge in [-0.3, -0.25) is 9.59 Å². The number of halogens is 2. The number of Topliss-reactive ketones (excluding diaryl/α,β-unsaturated/α-hetero) is 1. The standard InChI is InChI=1S/C23H17Cl2NO6/c1-31-13-5-6-16(24)15(10-13)21(28)19-20(12-4-7-18(27)17(25)9-12)26(23(30)22(19)29)11-14-3-2-8-32-14/h2-10,20,27-28H,11H2,1H3/b21-19+. The van der Waals surface area contributed by atoms with Crippen molar-refractivity contribution in [1.82, 2.24) is 4.90 Å². The van der Waals surface area contributed by atoms with Gasteiger partial charge >= 0.3 is 0 Å². The molecule has 1 aliphatic rings. The molecule has 0 aliphatic carbocycles. The van der Waals surface area contributed by atoms with Gasteiger partial charge in [0.25, 0.3) is 11.7 Å². The monoisotopic (exact) mass is 473 g/mol. The Balaban J connectivity index is 1.92. The van der Waals surface area contributed by atoms with Crippen LogP contribution in [0.3, 0.4) is 0 Å². The summed E-state index contributed by atoms with van der Waals surface area (Å²) in [6.45, 7) is -0.0244. The van der Waals surface area contributed by atoms with Gasteiger partial charge in [0.05, 0.1) is 41.6 Å². The molecule has 164 valence electrons. The first-order valence-corrected chi connectivity index (χ1v) is 10.2. The number of carbonyl (C=O) groups is 2. The van der Waals surface area contributed by atoms with Crippen molar-refractivity contribution in [2.24, 2.45) is 0 Å². The number of benzene rings is 2. The Kier molecular flexibility index (Phi) is 5.86. The number of hydrogen-bond donors (Lipinski definition) is 2. The van der Waals surface area contributed by atoms with Gasteiger partial charge in [0.15, 0.2) is 0 Å². The first-order chi connectivity index (χ1) is 15.3. The quantitative estimate of drug-likeness (QED) is 0.309.